The molecule has 0 aromatic heterocycles. The molecule has 36 heavy (non-hydrogen) atoms. The molecule has 1 N–H and O–H groups in total. The van der Waals surface area contributed by atoms with Gasteiger partial charge in [0.1, 0.15) is 11.8 Å². The largest absolute Gasteiger partial charge is 0.494 e. The van der Waals surface area contributed by atoms with Gasteiger partial charge in [-0.1, -0.05) is 85.6 Å². The molecular formula is C30H35ClN2O3. The molecule has 2 amide bonds. The van der Waals surface area contributed by atoms with Crippen molar-refractivity contribution in [2.75, 3.05) is 13.2 Å². The summed E-state index contributed by atoms with van der Waals surface area (Å²) in [6.07, 6.45) is 3.14. The zero-order valence-corrected chi connectivity index (χ0v) is 21.6. The molecule has 0 aliphatic heterocycles. The summed E-state index contributed by atoms with van der Waals surface area (Å²) < 4.78 is 5.77. The van der Waals surface area contributed by atoms with Crippen molar-refractivity contribution in [2.45, 2.75) is 51.6 Å². The smallest absolute Gasteiger partial charge is 0.243 e. The maximum atomic E-state index is 13.6. The summed E-state index contributed by atoms with van der Waals surface area (Å²) in [6.45, 7) is 3.40. The molecule has 6 heteroatoms. The van der Waals surface area contributed by atoms with Crippen LogP contribution in [-0.2, 0) is 22.6 Å². The van der Waals surface area contributed by atoms with E-state index in [0.717, 1.165) is 29.7 Å². The number of amides is 2. The molecule has 5 nitrogen and oxygen atoms in total. The zero-order chi connectivity index (χ0) is 25.6. The van der Waals surface area contributed by atoms with Crippen LogP contribution in [0.5, 0.6) is 5.75 Å². The standard InChI is InChI=1S/C30H35ClN2O3/c1-2-3-19-32-30(35)28(22-24-12-6-4-7-13-24)33(23-25-14-10-15-26(31)21-25)29(34)18-11-20-36-27-16-8-5-9-17-27/h4-10,12-17,21,28H,2-3,11,18-20,22-23H2,1H3,(H,32,35)/t28-/m0/s1. The summed E-state index contributed by atoms with van der Waals surface area (Å²) in [5.41, 5.74) is 1.89. The molecule has 0 saturated carbocycles. The van der Waals surface area contributed by atoms with Gasteiger partial charge in [-0.3, -0.25) is 9.59 Å². The third-order valence-corrected chi connectivity index (χ3v) is 6.12. The van der Waals surface area contributed by atoms with E-state index in [-0.39, 0.29) is 18.2 Å². The molecule has 3 aromatic carbocycles. The van der Waals surface area contributed by atoms with E-state index < -0.39 is 6.04 Å². The fourth-order valence-corrected chi connectivity index (χ4v) is 4.18. The average Bonchev–Trinajstić information content (AvgIpc) is 2.90. The molecule has 1 atom stereocenters. The molecule has 0 radical (unpaired) electrons. The number of hydrogen-bond donors (Lipinski definition) is 1. The van der Waals surface area contributed by atoms with Gasteiger partial charge in [-0.25, -0.2) is 0 Å². The lowest BCUT2D eigenvalue weighted by molar-refractivity contribution is -0.141. The molecule has 0 unspecified atom stereocenters. The van der Waals surface area contributed by atoms with Crippen molar-refractivity contribution in [3.05, 3.63) is 101 Å². The Hall–Kier alpha value is -3.31. The normalized spacial score (nSPS) is 11.5. The van der Waals surface area contributed by atoms with Gasteiger partial charge in [0.2, 0.25) is 11.8 Å². The predicted molar refractivity (Wildman–Crippen MR) is 145 cm³/mol. The predicted octanol–water partition coefficient (Wildman–Crippen LogP) is 6.06. The van der Waals surface area contributed by atoms with Gasteiger partial charge in [-0.05, 0) is 48.2 Å². The van der Waals surface area contributed by atoms with Crippen LogP contribution in [0.3, 0.4) is 0 Å². The second-order valence-corrected chi connectivity index (χ2v) is 9.20. The first-order valence-corrected chi connectivity index (χ1v) is 13.0. The maximum Gasteiger partial charge on any atom is 0.243 e. The highest BCUT2D eigenvalue weighted by molar-refractivity contribution is 6.30. The minimum absolute atomic E-state index is 0.0850. The number of unbranched alkanes of at least 4 members (excludes halogenated alkanes) is 1. The van der Waals surface area contributed by atoms with E-state index in [9.17, 15) is 9.59 Å². The highest BCUT2D eigenvalue weighted by Crippen LogP contribution is 2.19. The Morgan fingerprint density at radius 2 is 1.61 bits per heavy atom. The zero-order valence-electron chi connectivity index (χ0n) is 20.9. The van der Waals surface area contributed by atoms with Gasteiger partial charge in [0.15, 0.2) is 0 Å². The second-order valence-electron chi connectivity index (χ2n) is 8.77. The van der Waals surface area contributed by atoms with Crippen LogP contribution in [0.2, 0.25) is 5.02 Å². The quantitative estimate of drug-likeness (QED) is 0.270. The van der Waals surface area contributed by atoms with Crippen molar-refractivity contribution in [3.8, 4) is 5.75 Å². The summed E-state index contributed by atoms with van der Waals surface area (Å²) in [5.74, 6) is 0.555. The number of rotatable bonds is 14. The van der Waals surface area contributed by atoms with Crippen LogP contribution in [0.25, 0.3) is 0 Å². The summed E-state index contributed by atoms with van der Waals surface area (Å²) in [7, 11) is 0. The van der Waals surface area contributed by atoms with Crippen molar-refractivity contribution >= 4 is 23.4 Å². The van der Waals surface area contributed by atoms with Crippen LogP contribution in [0.15, 0.2) is 84.9 Å². The van der Waals surface area contributed by atoms with E-state index in [1.807, 2.05) is 78.9 Å². The van der Waals surface area contributed by atoms with Crippen LogP contribution >= 0.6 is 11.6 Å². The molecule has 0 aliphatic carbocycles. The summed E-state index contributed by atoms with van der Waals surface area (Å²) in [4.78, 5) is 28.6. The summed E-state index contributed by atoms with van der Waals surface area (Å²) >= 11 is 6.23. The third kappa shape index (κ3) is 9.04. The van der Waals surface area contributed by atoms with Crippen LogP contribution in [0, 0.1) is 0 Å². The molecule has 3 rings (SSSR count). The summed E-state index contributed by atoms with van der Waals surface area (Å²) in [6, 6.07) is 26.2. The number of halogens is 1. The molecule has 0 spiro atoms. The van der Waals surface area contributed by atoms with Crippen LogP contribution in [0.4, 0.5) is 0 Å². The van der Waals surface area contributed by atoms with Crippen LogP contribution in [0.1, 0.15) is 43.7 Å². The fraction of sp³-hybridized carbons (Fsp3) is 0.333. The maximum absolute atomic E-state index is 13.6. The molecule has 190 valence electrons. The molecule has 0 heterocycles. The second kappa shape index (κ2) is 14.9. The molecular weight excluding hydrogens is 472 g/mol. The Labute approximate surface area is 219 Å². The monoisotopic (exact) mass is 506 g/mol. The van der Waals surface area contributed by atoms with Crippen molar-refractivity contribution in [1.29, 1.82) is 0 Å². The van der Waals surface area contributed by atoms with Gasteiger partial charge in [0, 0.05) is 31.0 Å². The highest BCUT2D eigenvalue weighted by Gasteiger charge is 2.30. The Morgan fingerprint density at radius 3 is 2.31 bits per heavy atom. The Morgan fingerprint density at radius 1 is 0.917 bits per heavy atom. The minimum atomic E-state index is -0.634. The number of hydrogen-bond acceptors (Lipinski definition) is 3. The summed E-state index contributed by atoms with van der Waals surface area (Å²) in [5, 5.41) is 3.64. The van der Waals surface area contributed by atoms with Gasteiger partial charge in [0.25, 0.3) is 0 Å². The Balaban J connectivity index is 1.78. The SMILES string of the molecule is CCCCNC(=O)[C@H](Cc1ccccc1)N(Cc1cccc(Cl)c1)C(=O)CCCOc1ccccc1. The van der Waals surface area contributed by atoms with Crippen molar-refractivity contribution in [2.24, 2.45) is 0 Å². The number of para-hydroxylation sites is 1. The van der Waals surface area contributed by atoms with E-state index >= 15 is 0 Å². The molecule has 0 saturated heterocycles. The van der Waals surface area contributed by atoms with Crippen molar-refractivity contribution < 1.29 is 14.3 Å². The lowest BCUT2D eigenvalue weighted by Gasteiger charge is -2.31. The van der Waals surface area contributed by atoms with Gasteiger partial charge < -0.3 is 15.0 Å². The van der Waals surface area contributed by atoms with Gasteiger partial charge >= 0.3 is 0 Å². The fourth-order valence-electron chi connectivity index (χ4n) is 3.97. The molecule has 0 aliphatic rings. The van der Waals surface area contributed by atoms with Crippen LogP contribution < -0.4 is 10.1 Å². The number of carbonyl (C=O) groups excluding carboxylic acids is 2. The number of nitrogens with one attached hydrogen (secondary N) is 1. The van der Waals surface area contributed by atoms with Crippen molar-refractivity contribution in [1.82, 2.24) is 10.2 Å². The third-order valence-electron chi connectivity index (χ3n) is 5.89. The average molecular weight is 507 g/mol. The number of nitrogens with zero attached hydrogens (tertiary/aromatic N) is 1. The van der Waals surface area contributed by atoms with Gasteiger partial charge in [-0.2, -0.15) is 0 Å². The lowest BCUT2D eigenvalue weighted by Crippen LogP contribution is -2.50. The van der Waals surface area contributed by atoms with E-state index in [0.29, 0.717) is 37.6 Å². The van der Waals surface area contributed by atoms with E-state index in [1.54, 1.807) is 11.0 Å². The minimum Gasteiger partial charge on any atom is -0.494 e. The highest BCUT2D eigenvalue weighted by atomic mass is 35.5. The molecule has 3 aromatic rings. The molecule has 0 bridgehead atoms. The number of benzene rings is 3. The van der Waals surface area contributed by atoms with Gasteiger partial charge in [-0.15, -0.1) is 0 Å². The first-order chi connectivity index (χ1) is 17.6. The lowest BCUT2D eigenvalue weighted by atomic mass is 10.0. The Kier molecular flexibility index (Phi) is 11.3. The first-order valence-electron chi connectivity index (χ1n) is 12.6. The number of ether oxygens (including phenoxy) is 1. The van der Waals surface area contributed by atoms with Crippen LogP contribution in [-0.4, -0.2) is 35.9 Å². The van der Waals surface area contributed by atoms with E-state index in [1.165, 1.54) is 0 Å². The molecule has 0 fully saturated rings. The van der Waals surface area contributed by atoms with E-state index in [4.69, 9.17) is 16.3 Å². The first kappa shape index (κ1) is 27.3. The number of carbonyl (C=O) groups is 2. The topological polar surface area (TPSA) is 58.6 Å². The van der Waals surface area contributed by atoms with Gasteiger partial charge in [0.05, 0.1) is 6.61 Å². The van der Waals surface area contributed by atoms with E-state index in [2.05, 4.69) is 12.2 Å². The Bertz CT molecular complexity index is 1080. The van der Waals surface area contributed by atoms with Crippen molar-refractivity contribution in [3.63, 3.8) is 0 Å².